The van der Waals surface area contributed by atoms with Gasteiger partial charge in [0.15, 0.2) is 0 Å². The molecule has 2 aromatic carbocycles. The van der Waals surface area contributed by atoms with E-state index in [1.807, 2.05) is 31.2 Å². The normalized spacial score (nSPS) is 11.2. The summed E-state index contributed by atoms with van der Waals surface area (Å²) >= 11 is 2.20. The molecule has 0 spiro atoms. The Morgan fingerprint density at radius 1 is 1.20 bits per heavy atom. The van der Waals surface area contributed by atoms with Gasteiger partial charge in [-0.05, 0) is 71.3 Å². The van der Waals surface area contributed by atoms with E-state index in [-0.39, 0.29) is 11.5 Å². The number of phenols is 2. The van der Waals surface area contributed by atoms with Crippen LogP contribution in [0.2, 0.25) is 0 Å². The van der Waals surface area contributed by atoms with Gasteiger partial charge in [0.25, 0.3) is 0 Å². The smallest absolute Gasteiger partial charge is 0.141 e. The zero-order valence-corrected chi connectivity index (χ0v) is 13.5. The maximum absolute atomic E-state index is 10.0. The van der Waals surface area contributed by atoms with E-state index in [0.717, 1.165) is 21.1 Å². The first-order valence-electron chi connectivity index (χ1n) is 6.36. The summed E-state index contributed by atoms with van der Waals surface area (Å²) in [5.74, 6) is 0.362. The van der Waals surface area contributed by atoms with Crippen molar-refractivity contribution in [2.45, 2.75) is 20.3 Å². The number of aromatic hydroxyl groups is 2. The number of aliphatic imine (C=N–C) groups is 1. The third-order valence-electron chi connectivity index (χ3n) is 3.09. The highest BCUT2D eigenvalue weighted by atomic mass is 127. The molecule has 4 heteroatoms. The Labute approximate surface area is 132 Å². The van der Waals surface area contributed by atoms with E-state index in [1.54, 1.807) is 12.3 Å². The molecule has 0 saturated heterocycles. The summed E-state index contributed by atoms with van der Waals surface area (Å²) in [6, 6.07) is 9.13. The first-order chi connectivity index (χ1) is 9.51. The summed E-state index contributed by atoms with van der Waals surface area (Å²) < 4.78 is 1.03. The summed E-state index contributed by atoms with van der Waals surface area (Å²) in [5.41, 5.74) is 3.08. The fourth-order valence-corrected chi connectivity index (χ4v) is 2.69. The monoisotopic (exact) mass is 381 g/mol. The molecule has 2 N–H and O–H groups in total. The zero-order valence-electron chi connectivity index (χ0n) is 11.4. The molecule has 3 nitrogen and oxygen atoms in total. The largest absolute Gasteiger partial charge is 0.507 e. The molecule has 104 valence electrons. The minimum absolute atomic E-state index is 0.139. The second-order valence-electron chi connectivity index (χ2n) is 4.60. The van der Waals surface area contributed by atoms with Gasteiger partial charge in [-0.25, -0.2) is 0 Å². The van der Waals surface area contributed by atoms with Crippen LogP contribution >= 0.6 is 22.6 Å². The lowest BCUT2D eigenvalue weighted by Gasteiger charge is -2.05. The molecule has 0 aliphatic rings. The SMILES string of the molecule is CCc1ccc(O)c(N=Cc2cc(I)cc(C)c2O)c1. The van der Waals surface area contributed by atoms with Crippen LogP contribution in [0, 0.1) is 10.5 Å². The maximum Gasteiger partial charge on any atom is 0.141 e. The standard InChI is InChI=1S/C16H16INO2/c1-3-11-4-5-15(19)14(7-11)18-9-12-8-13(17)6-10(2)16(12)20/h4-9,19-20H,3H2,1-2H3. The number of hydrogen-bond acceptors (Lipinski definition) is 3. The summed E-state index contributed by atoms with van der Waals surface area (Å²) in [5, 5.41) is 19.8. The number of rotatable bonds is 3. The van der Waals surface area contributed by atoms with Crippen LogP contribution in [0.15, 0.2) is 35.3 Å². The van der Waals surface area contributed by atoms with Crippen molar-refractivity contribution in [1.29, 1.82) is 0 Å². The molecule has 20 heavy (non-hydrogen) atoms. The predicted octanol–water partition coefficient (Wildman–Crippen LogP) is 4.32. The Balaban J connectivity index is 2.39. The van der Waals surface area contributed by atoms with Gasteiger partial charge >= 0.3 is 0 Å². The van der Waals surface area contributed by atoms with E-state index in [9.17, 15) is 10.2 Å². The Morgan fingerprint density at radius 2 is 1.95 bits per heavy atom. The Kier molecular flexibility index (Phi) is 4.65. The molecule has 2 rings (SSSR count). The lowest BCUT2D eigenvalue weighted by molar-refractivity contribution is 0.470. The van der Waals surface area contributed by atoms with E-state index in [0.29, 0.717) is 11.3 Å². The van der Waals surface area contributed by atoms with Gasteiger partial charge in [-0.2, -0.15) is 0 Å². The number of benzene rings is 2. The van der Waals surface area contributed by atoms with Crippen LogP contribution in [0.1, 0.15) is 23.6 Å². The molecule has 2 aromatic rings. The number of halogens is 1. The van der Waals surface area contributed by atoms with Crippen LogP contribution in [-0.4, -0.2) is 16.4 Å². The van der Waals surface area contributed by atoms with Gasteiger partial charge in [0.1, 0.15) is 17.2 Å². The van der Waals surface area contributed by atoms with Gasteiger partial charge in [-0.3, -0.25) is 4.99 Å². The lowest BCUT2D eigenvalue weighted by Crippen LogP contribution is -1.88. The Morgan fingerprint density at radius 3 is 2.65 bits per heavy atom. The summed E-state index contributed by atoms with van der Waals surface area (Å²) in [4.78, 5) is 4.29. The zero-order chi connectivity index (χ0) is 14.7. The molecule has 0 aliphatic heterocycles. The van der Waals surface area contributed by atoms with E-state index in [2.05, 4.69) is 34.5 Å². The van der Waals surface area contributed by atoms with Gasteiger partial charge in [0, 0.05) is 15.3 Å². The molecule has 0 aromatic heterocycles. The fraction of sp³-hybridized carbons (Fsp3) is 0.188. The second kappa shape index (κ2) is 6.26. The minimum atomic E-state index is 0.139. The van der Waals surface area contributed by atoms with Gasteiger partial charge in [0.2, 0.25) is 0 Å². The summed E-state index contributed by atoms with van der Waals surface area (Å²) in [7, 11) is 0. The van der Waals surface area contributed by atoms with Crippen molar-refractivity contribution >= 4 is 34.5 Å². The van der Waals surface area contributed by atoms with E-state index >= 15 is 0 Å². The van der Waals surface area contributed by atoms with E-state index < -0.39 is 0 Å². The van der Waals surface area contributed by atoms with Crippen molar-refractivity contribution in [2.24, 2.45) is 4.99 Å². The van der Waals surface area contributed by atoms with Gasteiger partial charge in [-0.1, -0.05) is 13.0 Å². The van der Waals surface area contributed by atoms with Crippen molar-refractivity contribution in [3.63, 3.8) is 0 Å². The first-order valence-corrected chi connectivity index (χ1v) is 7.44. The molecule has 0 amide bonds. The predicted molar refractivity (Wildman–Crippen MR) is 90.3 cm³/mol. The van der Waals surface area contributed by atoms with E-state index in [1.165, 1.54) is 0 Å². The molecule has 0 atom stereocenters. The molecule has 0 fully saturated rings. The summed E-state index contributed by atoms with van der Waals surface area (Å²) in [6.45, 7) is 3.90. The molecule has 0 saturated carbocycles. The van der Waals surface area contributed by atoms with Crippen LogP contribution in [0.4, 0.5) is 5.69 Å². The van der Waals surface area contributed by atoms with Gasteiger partial charge in [0.05, 0.1) is 0 Å². The average molecular weight is 381 g/mol. The topological polar surface area (TPSA) is 52.8 Å². The van der Waals surface area contributed by atoms with Crippen LogP contribution in [0.5, 0.6) is 11.5 Å². The molecule has 0 radical (unpaired) electrons. The highest BCUT2D eigenvalue weighted by molar-refractivity contribution is 14.1. The van der Waals surface area contributed by atoms with E-state index in [4.69, 9.17) is 0 Å². The number of nitrogens with zero attached hydrogens (tertiary/aromatic N) is 1. The molecular formula is C16H16INO2. The maximum atomic E-state index is 10.0. The summed E-state index contributed by atoms with van der Waals surface area (Å²) in [6.07, 6.45) is 2.47. The van der Waals surface area contributed by atoms with Gasteiger partial charge in [-0.15, -0.1) is 0 Å². The quantitative estimate of drug-likeness (QED) is 0.615. The molecule has 0 bridgehead atoms. The fourth-order valence-electron chi connectivity index (χ4n) is 1.89. The van der Waals surface area contributed by atoms with Crippen LogP contribution in [-0.2, 0) is 6.42 Å². The average Bonchev–Trinajstić information content (AvgIpc) is 2.42. The number of aryl methyl sites for hydroxylation is 2. The third-order valence-corrected chi connectivity index (χ3v) is 3.71. The lowest BCUT2D eigenvalue weighted by atomic mass is 10.1. The van der Waals surface area contributed by atoms with Gasteiger partial charge < -0.3 is 10.2 Å². The first kappa shape index (κ1) is 14.8. The minimum Gasteiger partial charge on any atom is -0.507 e. The van der Waals surface area contributed by atoms with Crippen molar-refractivity contribution in [2.75, 3.05) is 0 Å². The number of phenolic OH excluding ortho intramolecular Hbond substituents is 2. The highest BCUT2D eigenvalue weighted by Gasteiger charge is 2.05. The Hall–Kier alpha value is -1.56. The van der Waals surface area contributed by atoms with Crippen LogP contribution < -0.4 is 0 Å². The van der Waals surface area contributed by atoms with Crippen molar-refractivity contribution < 1.29 is 10.2 Å². The molecule has 0 heterocycles. The number of hydrogen-bond donors (Lipinski definition) is 2. The molecular weight excluding hydrogens is 365 g/mol. The Bertz CT molecular complexity index is 666. The second-order valence-corrected chi connectivity index (χ2v) is 5.84. The van der Waals surface area contributed by atoms with Crippen LogP contribution in [0.3, 0.4) is 0 Å². The third kappa shape index (κ3) is 3.30. The molecule has 0 aliphatic carbocycles. The van der Waals surface area contributed by atoms with Crippen molar-refractivity contribution in [3.05, 3.63) is 50.6 Å². The molecule has 0 unspecified atom stereocenters. The van der Waals surface area contributed by atoms with Crippen molar-refractivity contribution in [1.82, 2.24) is 0 Å². The highest BCUT2D eigenvalue weighted by Crippen LogP contribution is 2.29. The van der Waals surface area contributed by atoms with Crippen molar-refractivity contribution in [3.8, 4) is 11.5 Å². The van der Waals surface area contributed by atoms with Crippen LogP contribution in [0.25, 0.3) is 0 Å².